The van der Waals surface area contributed by atoms with E-state index in [1.165, 1.54) is 5.56 Å². The van der Waals surface area contributed by atoms with Crippen molar-refractivity contribution in [3.63, 3.8) is 0 Å². The maximum atomic E-state index is 12.3. The molecule has 0 atom stereocenters. The Hall–Kier alpha value is -2.60. The second-order valence-corrected chi connectivity index (χ2v) is 4.96. The van der Waals surface area contributed by atoms with Gasteiger partial charge in [-0.25, -0.2) is 0 Å². The highest BCUT2D eigenvalue weighted by atomic mass is 16.1. The van der Waals surface area contributed by atoms with Crippen molar-refractivity contribution in [3.05, 3.63) is 65.2 Å². The Balaban J connectivity index is 2.12. The van der Waals surface area contributed by atoms with Gasteiger partial charge in [-0.05, 0) is 38.1 Å². The SMILES string of the molecule is CCN(CC(=O)c1ccc(C#N)cc1)c1ccc(C)cc1. The standard InChI is InChI=1S/C18H18N2O/c1-3-20(17-10-4-14(2)5-11-17)13-18(21)16-8-6-15(12-19)7-9-16/h4-11H,3,13H2,1-2H3. The molecule has 0 radical (unpaired) electrons. The molecule has 2 rings (SSSR count). The largest absolute Gasteiger partial charge is 0.364 e. The topological polar surface area (TPSA) is 44.1 Å². The van der Waals surface area contributed by atoms with E-state index in [-0.39, 0.29) is 5.78 Å². The minimum absolute atomic E-state index is 0.0573. The number of carbonyl (C=O) groups is 1. The third kappa shape index (κ3) is 3.70. The van der Waals surface area contributed by atoms with Crippen LogP contribution in [0.2, 0.25) is 0 Å². The number of nitrogens with zero attached hydrogens (tertiary/aromatic N) is 2. The Morgan fingerprint density at radius 3 is 2.24 bits per heavy atom. The van der Waals surface area contributed by atoms with Crippen LogP contribution < -0.4 is 4.90 Å². The fraction of sp³-hybridized carbons (Fsp3) is 0.222. The van der Waals surface area contributed by atoms with E-state index in [0.717, 1.165) is 12.2 Å². The summed E-state index contributed by atoms with van der Waals surface area (Å²) in [5.74, 6) is 0.0573. The minimum atomic E-state index is 0.0573. The summed E-state index contributed by atoms with van der Waals surface area (Å²) in [6, 6.07) is 17.0. The van der Waals surface area contributed by atoms with Gasteiger partial charge in [0.1, 0.15) is 0 Å². The summed E-state index contributed by atoms with van der Waals surface area (Å²) in [6.45, 7) is 5.18. The van der Waals surface area contributed by atoms with E-state index in [1.807, 2.05) is 43.0 Å². The summed E-state index contributed by atoms with van der Waals surface area (Å²) in [7, 11) is 0. The summed E-state index contributed by atoms with van der Waals surface area (Å²) in [5, 5.41) is 8.78. The van der Waals surface area contributed by atoms with E-state index >= 15 is 0 Å². The Labute approximate surface area is 125 Å². The third-order valence-electron chi connectivity index (χ3n) is 3.45. The molecule has 2 aromatic rings. The van der Waals surface area contributed by atoms with Gasteiger partial charge in [-0.15, -0.1) is 0 Å². The highest BCUT2D eigenvalue weighted by Gasteiger charge is 2.12. The van der Waals surface area contributed by atoms with Gasteiger partial charge < -0.3 is 4.90 Å². The number of benzene rings is 2. The lowest BCUT2D eigenvalue weighted by molar-refractivity contribution is 0.0999. The Morgan fingerprint density at radius 2 is 1.71 bits per heavy atom. The van der Waals surface area contributed by atoms with Crippen molar-refractivity contribution in [2.45, 2.75) is 13.8 Å². The van der Waals surface area contributed by atoms with E-state index < -0.39 is 0 Å². The summed E-state index contributed by atoms with van der Waals surface area (Å²) in [5.41, 5.74) is 3.45. The molecule has 2 aromatic carbocycles. The number of hydrogen-bond donors (Lipinski definition) is 0. The van der Waals surface area contributed by atoms with E-state index in [9.17, 15) is 4.79 Å². The third-order valence-corrected chi connectivity index (χ3v) is 3.45. The van der Waals surface area contributed by atoms with Crippen LogP contribution in [0.1, 0.15) is 28.4 Å². The van der Waals surface area contributed by atoms with Gasteiger partial charge >= 0.3 is 0 Å². The predicted octanol–water partition coefficient (Wildman–Crippen LogP) is 3.58. The van der Waals surface area contributed by atoms with Gasteiger partial charge in [-0.1, -0.05) is 29.8 Å². The highest BCUT2D eigenvalue weighted by molar-refractivity contribution is 5.99. The van der Waals surface area contributed by atoms with Crippen LogP contribution in [-0.2, 0) is 0 Å². The molecule has 21 heavy (non-hydrogen) atoms. The molecule has 0 saturated carbocycles. The van der Waals surface area contributed by atoms with Crippen LogP contribution in [0.4, 0.5) is 5.69 Å². The molecule has 0 aliphatic carbocycles. The maximum absolute atomic E-state index is 12.3. The molecule has 0 aromatic heterocycles. The van der Waals surface area contributed by atoms with Crippen molar-refractivity contribution in [2.24, 2.45) is 0 Å². The number of anilines is 1. The molecule has 3 nitrogen and oxygen atoms in total. The molecule has 0 fully saturated rings. The number of nitriles is 1. The molecule has 0 unspecified atom stereocenters. The van der Waals surface area contributed by atoms with E-state index in [4.69, 9.17) is 5.26 Å². The minimum Gasteiger partial charge on any atom is -0.364 e. The number of hydrogen-bond acceptors (Lipinski definition) is 3. The van der Waals surface area contributed by atoms with Crippen LogP contribution in [0.3, 0.4) is 0 Å². The smallest absolute Gasteiger partial charge is 0.182 e. The molecule has 0 heterocycles. The first kappa shape index (κ1) is 14.8. The summed E-state index contributed by atoms with van der Waals surface area (Å²) >= 11 is 0. The van der Waals surface area contributed by atoms with E-state index in [0.29, 0.717) is 17.7 Å². The fourth-order valence-electron chi connectivity index (χ4n) is 2.14. The van der Waals surface area contributed by atoms with Crippen LogP contribution >= 0.6 is 0 Å². The van der Waals surface area contributed by atoms with Gasteiger partial charge in [0.25, 0.3) is 0 Å². The number of likely N-dealkylation sites (N-methyl/N-ethyl adjacent to an activating group) is 1. The molecule has 0 N–H and O–H groups in total. The van der Waals surface area contributed by atoms with Crippen molar-refractivity contribution in [1.82, 2.24) is 0 Å². The zero-order chi connectivity index (χ0) is 15.2. The van der Waals surface area contributed by atoms with Crippen molar-refractivity contribution in [1.29, 1.82) is 5.26 Å². The summed E-state index contributed by atoms with van der Waals surface area (Å²) < 4.78 is 0. The van der Waals surface area contributed by atoms with Gasteiger partial charge in [0.15, 0.2) is 5.78 Å². The van der Waals surface area contributed by atoms with E-state index in [2.05, 4.69) is 6.07 Å². The Bertz CT molecular complexity index is 651. The zero-order valence-electron chi connectivity index (χ0n) is 12.3. The van der Waals surface area contributed by atoms with Crippen LogP contribution in [0, 0.1) is 18.3 Å². The lowest BCUT2D eigenvalue weighted by Crippen LogP contribution is -2.29. The van der Waals surface area contributed by atoms with Gasteiger partial charge in [-0.3, -0.25) is 4.79 Å². The Kier molecular flexibility index (Phi) is 4.73. The lowest BCUT2D eigenvalue weighted by atomic mass is 10.1. The van der Waals surface area contributed by atoms with Crippen LogP contribution in [0.5, 0.6) is 0 Å². The molecule has 0 spiro atoms. The average molecular weight is 278 g/mol. The molecule has 3 heteroatoms. The molecular formula is C18H18N2O. The van der Waals surface area contributed by atoms with Crippen LogP contribution in [0.25, 0.3) is 0 Å². The highest BCUT2D eigenvalue weighted by Crippen LogP contribution is 2.16. The second-order valence-electron chi connectivity index (χ2n) is 4.96. The Morgan fingerprint density at radius 1 is 1.10 bits per heavy atom. The number of ketones is 1. The monoisotopic (exact) mass is 278 g/mol. The quantitative estimate of drug-likeness (QED) is 0.785. The van der Waals surface area contributed by atoms with Crippen molar-refractivity contribution in [3.8, 4) is 6.07 Å². The van der Waals surface area contributed by atoms with Crippen LogP contribution in [0.15, 0.2) is 48.5 Å². The summed E-state index contributed by atoms with van der Waals surface area (Å²) in [6.07, 6.45) is 0. The van der Waals surface area contributed by atoms with Crippen molar-refractivity contribution < 1.29 is 4.79 Å². The molecular weight excluding hydrogens is 260 g/mol. The normalized spacial score (nSPS) is 9.95. The fourth-order valence-corrected chi connectivity index (χ4v) is 2.14. The van der Waals surface area contributed by atoms with Crippen LogP contribution in [-0.4, -0.2) is 18.9 Å². The van der Waals surface area contributed by atoms with Gasteiger partial charge in [0.2, 0.25) is 0 Å². The first-order valence-corrected chi connectivity index (χ1v) is 6.99. The number of rotatable bonds is 5. The second kappa shape index (κ2) is 6.71. The first-order valence-electron chi connectivity index (χ1n) is 6.99. The number of Topliss-reactive ketones (excluding diaryl/α,β-unsaturated/α-hetero) is 1. The van der Waals surface area contributed by atoms with Gasteiger partial charge in [0.05, 0.1) is 18.2 Å². The number of aryl methyl sites for hydroxylation is 1. The predicted molar refractivity (Wildman–Crippen MR) is 84.6 cm³/mol. The first-order chi connectivity index (χ1) is 10.1. The molecule has 0 amide bonds. The molecule has 0 saturated heterocycles. The van der Waals surface area contributed by atoms with Gasteiger partial charge in [0, 0.05) is 17.8 Å². The lowest BCUT2D eigenvalue weighted by Gasteiger charge is -2.22. The average Bonchev–Trinajstić information content (AvgIpc) is 2.53. The molecule has 106 valence electrons. The molecule has 0 aliphatic heterocycles. The van der Waals surface area contributed by atoms with E-state index in [1.54, 1.807) is 24.3 Å². The van der Waals surface area contributed by atoms with Crippen molar-refractivity contribution in [2.75, 3.05) is 18.0 Å². The zero-order valence-corrected chi connectivity index (χ0v) is 12.3. The summed E-state index contributed by atoms with van der Waals surface area (Å²) in [4.78, 5) is 14.4. The van der Waals surface area contributed by atoms with Gasteiger partial charge in [-0.2, -0.15) is 5.26 Å². The van der Waals surface area contributed by atoms with Crippen molar-refractivity contribution >= 4 is 11.5 Å². The number of carbonyl (C=O) groups excluding carboxylic acids is 1. The molecule has 0 aliphatic rings. The maximum Gasteiger partial charge on any atom is 0.182 e. The molecule has 0 bridgehead atoms.